The van der Waals surface area contributed by atoms with Gasteiger partial charge in [0.05, 0.1) is 10.8 Å². The van der Waals surface area contributed by atoms with Crippen molar-refractivity contribution in [1.82, 2.24) is 16.0 Å². The lowest BCUT2D eigenvalue weighted by molar-refractivity contribution is -0.123. The number of unbranched alkanes of at least 4 members (excludes halogenated alkanes) is 1. The molecule has 11 nitrogen and oxygen atoms in total. The van der Waals surface area contributed by atoms with E-state index in [2.05, 4.69) is 22.9 Å². The number of benzene rings is 2. The molecule has 0 spiro atoms. The van der Waals surface area contributed by atoms with E-state index in [9.17, 15) is 32.8 Å². The number of rotatable bonds is 14. The third kappa shape index (κ3) is 10.4. The fourth-order valence-corrected chi connectivity index (χ4v) is 4.31. The zero-order valence-electron chi connectivity index (χ0n) is 22.4. The van der Waals surface area contributed by atoms with Gasteiger partial charge in [0.2, 0.25) is 15.9 Å². The molecule has 2 aromatic rings. The highest BCUT2D eigenvalue weighted by Gasteiger charge is 2.30. The molecule has 7 N–H and O–H groups in total. The Morgan fingerprint density at radius 1 is 0.923 bits per heavy atom. The van der Waals surface area contributed by atoms with Gasteiger partial charge in [-0.15, -0.1) is 0 Å². The highest BCUT2D eigenvalue weighted by molar-refractivity contribution is 7.89. The third-order valence-corrected chi connectivity index (χ3v) is 6.91. The van der Waals surface area contributed by atoms with Gasteiger partial charge in [0.25, 0.3) is 11.8 Å². The normalized spacial score (nSPS) is 12.9. The van der Waals surface area contributed by atoms with E-state index in [4.69, 9.17) is 5.14 Å². The second-order valence-electron chi connectivity index (χ2n) is 9.76. The van der Waals surface area contributed by atoms with Crippen LogP contribution in [0.25, 0.3) is 0 Å². The summed E-state index contributed by atoms with van der Waals surface area (Å²) in [5.41, 5.74) is 1.51. The van der Waals surface area contributed by atoms with Gasteiger partial charge < -0.3 is 26.0 Å². The van der Waals surface area contributed by atoms with Crippen molar-refractivity contribution in [3.05, 3.63) is 65.2 Å². The Hall–Kier alpha value is -3.26. The Morgan fingerprint density at radius 3 is 2.00 bits per heavy atom. The SMILES string of the molecule is CCCCc1ccc(C(=O)N[C@@H](CNC(=O)c2ccc(S(N)(=O)=O)cc2)C(=O)N[C@@H](CC(C)C)B(O)O)cc1. The first-order valence-corrected chi connectivity index (χ1v) is 14.3. The van der Waals surface area contributed by atoms with Gasteiger partial charge >= 0.3 is 7.12 Å². The molecule has 0 aliphatic heterocycles. The maximum atomic E-state index is 13.1. The third-order valence-electron chi connectivity index (χ3n) is 5.98. The van der Waals surface area contributed by atoms with Gasteiger partial charge in [0.15, 0.2) is 0 Å². The molecule has 0 unspecified atom stereocenters. The van der Waals surface area contributed by atoms with Gasteiger partial charge in [-0.05, 0) is 67.1 Å². The molecule has 212 valence electrons. The van der Waals surface area contributed by atoms with Gasteiger partial charge in [-0.2, -0.15) is 0 Å². The first-order valence-electron chi connectivity index (χ1n) is 12.8. The number of hydrogen-bond donors (Lipinski definition) is 6. The Labute approximate surface area is 229 Å². The number of hydrogen-bond acceptors (Lipinski definition) is 7. The molecule has 0 fully saturated rings. The molecular formula is C26H37BN4O7S. The topological polar surface area (TPSA) is 188 Å². The number of nitrogens with two attached hydrogens (primary N) is 1. The minimum Gasteiger partial charge on any atom is -0.426 e. The second kappa shape index (κ2) is 14.8. The number of nitrogens with one attached hydrogen (secondary N) is 3. The molecule has 13 heteroatoms. The van der Waals surface area contributed by atoms with E-state index in [1.807, 2.05) is 26.0 Å². The van der Waals surface area contributed by atoms with Crippen LogP contribution >= 0.6 is 0 Å². The van der Waals surface area contributed by atoms with E-state index in [0.29, 0.717) is 5.56 Å². The van der Waals surface area contributed by atoms with Gasteiger partial charge in [0.1, 0.15) is 6.04 Å². The predicted molar refractivity (Wildman–Crippen MR) is 148 cm³/mol. The molecular weight excluding hydrogens is 523 g/mol. The van der Waals surface area contributed by atoms with E-state index in [-0.39, 0.29) is 29.3 Å². The number of amides is 3. The van der Waals surface area contributed by atoms with Gasteiger partial charge in [-0.3, -0.25) is 14.4 Å². The highest BCUT2D eigenvalue weighted by atomic mass is 32.2. The lowest BCUT2D eigenvalue weighted by Crippen LogP contribution is -2.57. The molecule has 0 saturated carbocycles. The molecule has 0 saturated heterocycles. The molecule has 2 aromatic carbocycles. The fourth-order valence-electron chi connectivity index (χ4n) is 3.79. The van der Waals surface area contributed by atoms with Crippen molar-refractivity contribution in [2.75, 3.05) is 6.54 Å². The maximum Gasteiger partial charge on any atom is 0.475 e. The van der Waals surface area contributed by atoms with Crippen LogP contribution < -0.4 is 21.1 Å². The molecule has 2 rings (SSSR count). The van der Waals surface area contributed by atoms with Crippen LogP contribution in [0.15, 0.2) is 53.4 Å². The molecule has 2 atom stereocenters. The molecule has 39 heavy (non-hydrogen) atoms. The molecule has 0 bridgehead atoms. The van der Waals surface area contributed by atoms with Crippen LogP contribution in [0.1, 0.15) is 66.3 Å². The lowest BCUT2D eigenvalue weighted by atomic mass is 9.75. The summed E-state index contributed by atoms with van der Waals surface area (Å²) >= 11 is 0. The van der Waals surface area contributed by atoms with Gasteiger partial charge in [0, 0.05) is 17.7 Å². The summed E-state index contributed by atoms with van der Waals surface area (Å²) in [6.07, 6.45) is 3.22. The van der Waals surface area contributed by atoms with E-state index < -0.39 is 46.8 Å². The van der Waals surface area contributed by atoms with Crippen molar-refractivity contribution in [2.45, 2.75) is 63.3 Å². The quantitative estimate of drug-likeness (QED) is 0.184. The minimum absolute atomic E-state index is 0.0383. The van der Waals surface area contributed by atoms with Crippen molar-refractivity contribution >= 4 is 34.9 Å². The van der Waals surface area contributed by atoms with Crippen molar-refractivity contribution in [2.24, 2.45) is 11.1 Å². The second-order valence-corrected chi connectivity index (χ2v) is 11.3. The summed E-state index contributed by atoms with van der Waals surface area (Å²) in [6.45, 7) is 5.48. The highest BCUT2D eigenvalue weighted by Crippen LogP contribution is 2.11. The smallest absolute Gasteiger partial charge is 0.426 e. The summed E-state index contributed by atoms with van der Waals surface area (Å²) in [7, 11) is -5.75. The number of carbonyl (C=O) groups is 3. The minimum atomic E-state index is -3.93. The van der Waals surface area contributed by atoms with E-state index in [0.717, 1.165) is 24.8 Å². The van der Waals surface area contributed by atoms with Crippen LogP contribution in [0, 0.1) is 5.92 Å². The van der Waals surface area contributed by atoms with Crippen LogP contribution in [0.4, 0.5) is 0 Å². The lowest BCUT2D eigenvalue weighted by Gasteiger charge is -2.24. The summed E-state index contributed by atoms with van der Waals surface area (Å²) < 4.78 is 22.9. The van der Waals surface area contributed by atoms with Crippen LogP contribution in [0.5, 0.6) is 0 Å². The standard InChI is InChI=1S/C26H37BN4O7S/c1-4-5-6-18-7-9-20(10-8-18)25(33)30-22(26(34)31-23(27(35)36)15-17(2)3)16-29-24(32)19-11-13-21(14-12-19)39(28,37)38/h7-14,17,22-23,35-36H,4-6,15-16H2,1-3H3,(H,29,32)(H,30,33)(H,31,34)(H2,28,37,38)/t22-,23-/m0/s1. The molecule has 0 heterocycles. The Morgan fingerprint density at radius 2 is 1.49 bits per heavy atom. The van der Waals surface area contributed by atoms with Crippen molar-refractivity contribution in [1.29, 1.82) is 0 Å². The fraction of sp³-hybridized carbons (Fsp3) is 0.423. The molecule has 0 aliphatic carbocycles. The summed E-state index contributed by atoms with van der Waals surface area (Å²) in [6, 6.07) is 10.6. The summed E-state index contributed by atoms with van der Waals surface area (Å²) in [4.78, 5) is 38.6. The Balaban J connectivity index is 2.19. The van der Waals surface area contributed by atoms with Crippen LogP contribution in [0.3, 0.4) is 0 Å². The zero-order valence-corrected chi connectivity index (χ0v) is 23.2. The monoisotopic (exact) mass is 560 g/mol. The van der Waals surface area contributed by atoms with Crippen LogP contribution in [0.2, 0.25) is 0 Å². The van der Waals surface area contributed by atoms with Gasteiger partial charge in [-0.1, -0.05) is 39.3 Å². The van der Waals surface area contributed by atoms with Crippen LogP contribution in [-0.4, -0.2) is 61.8 Å². The number of aryl methyl sites for hydroxylation is 1. The summed E-state index contributed by atoms with van der Waals surface area (Å²) in [5.74, 6) is -2.84. The average molecular weight is 560 g/mol. The number of carbonyl (C=O) groups excluding carboxylic acids is 3. The maximum absolute atomic E-state index is 13.1. The Bertz CT molecular complexity index is 1220. The summed E-state index contributed by atoms with van der Waals surface area (Å²) in [5, 5.41) is 32.2. The van der Waals surface area contributed by atoms with Crippen molar-refractivity contribution in [3.63, 3.8) is 0 Å². The molecule has 3 amide bonds. The average Bonchev–Trinajstić information content (AvgIpc) is 2.88. The molecule has 0 radical (unpaired) electrons. The molecule has 0 aliphatic rings. The number of primary sulfonamides is 1. The number of sulfonamides is 1. The largest absolute Gasteiger partial charge is 0.475 e. The van der Waals surface area contributed by atoms with Crippen molar-refractivity contribution < 1.29 is 32.8 Å². The predicted octanol–water partition coefficient (Wildman–Crippen LogP) is 0.748. The first-order chi connectivity index (χ1) is 18.3. The first kappa shape index (κ1) is 32.0. The van der Waals surface area contributed by atoms with E-state index >= 15 is 0 Å². The van der Waals surface area contributed by atoms with Crippen LogP contribution in [-0.2, 0) is 21.2 Å². The van der Waals surface area contributed by atoms with E-state index in [1.165, 1.54) is 24.3 Å². The Kier molecular flexibility index (Phi) is 12.1. The van der Waals surface area contributed by atoms with E-state index in [1.54, 1.807) is 12.1 Å². The van der Waals surface area contributed by atoms with Crippen molar-refractivity contribution in [3.8, 4) is 0 Å². The zero-order chi connectivity index (χ0) is 29.2. The van der Waals surface area contributed by atoms with Gasteiger partial charge in [-0.25, -0.2) is 13.6 Å². The molecule has 0 aromatic heterocycles.